The van der Waals surface area contributed by atoms with Crippen LogP contribution in [0.3, 0.4) is 0 Å². The van der Waals surface area contributed by atoms with Gasteiger partial charge in [0.2, 0.25) is 0 Å². The number of nitrogens with zero attached hydrogens (tertiary/aromatic N) is 1. The standard InChI is InChI=1S/C25H29FN2O2/c1-16-8-7-12-22(17(16)2)27-14-20-19-10-4-6-13-23(19)28(24(20)25(29)30)15-18-9-3-5-11-21(18)26/h3-6,9-11,13,16-17,22,27H,7-8,12,14-15H2,1-2H3,(H,29,30)/t16-,17+,22+/m1/s1. The third-order valence-electron chi connectivity index (χ3n) is 6.81. The van der Waals surface area contributed by atoms with E-state index in [0.29, 0.717) is 30.0 Å². The van der Waals surface area contributed by atoms with Crippen molar-refractivity contribution in [1.29, 1.82) is 0 Å². The molecule has 158 valence electrons. The van der Waals surface area contributed by atoms with Crippen LogP contribution in [-0.2, 0) is 13.1 Å². The number of aromatic nitrogens is 1. The second-order valence-corrected chi connectivity index (χ2v) is 8.58. The largest absolute Gasteiger partial charge is 0.477 e. The van der Waals surface area contributed by atoms with Crippen molar-refractivity contribution in [1.82, 2.24) is 9.88 Å². The zero-order chi connectivity index (χ0) is 21.3. The molecule has 1 fully saturated rings. The summed E-state index contributed by atoms with van der Waals surface area (Å²) in [6.07, 6.45) is 3.56. The maximum absolute atomic E-state index is 14.3. The van der Waals surface area contributed by atoms with Crippen LogP contribution in [-0.4, -0.2) is 21.7 Å². The zero-order valence-corrected chi connectivity index (χ0v) is 17.6. The van der Waals surface area contributed by atoms with Gasteiger partial charge in [0.1, 0.15) is 11.5 Å². The van der Waals surface area contributed by atoms with Gasteiger partial charge >= 0.3 is 5.97 Å². The van der Waals surface area contributed by atoms with Gasteiger partial charge in [-0.15, -0.1) is 0 Å². The number of rotatable bonds is 6. The molecular weight excluding hydrogens is 379 g/mol. The topological polar surface area (TPSA) is 54.3 Å². The highest BCUT2D eigenvalue weighted by atomic mass is 19.1. The number of hydrogen-bond donors (Lipinski definition) is 2. The van der Waals surface area contributed by atoms with E-state index in [-0.39, 0.29) is 18.1 Å². The molecule has 0 amide bonds. The Morgan fingerprint density at radius 3 is 2.63 bits per heavy atom. The van der Waals surface area contributed by atoms with Gasteiger partial charge in [0.15, 0.2) is 0 Å². The summed E-state index contributed by atoms with van der Waals surface area (Å²) < 4.78 is 16.0. The molecule has 4 nitrogen and oxygen atoms in total. The van der Waals surface area contributed by atoms with E-state index in [9.17, 15) is 14.3 Å². The number of fused-ring (bicyclic) bond motifs is 1. The summed E-state index contributed by atoms with van der Waals surface area (Å²) in [5.74, 6) is -0.0860. The molecule has 0 bridgehead atoms. The number of carboxylic acid groups (broad SMARTS) is 1. The van der Waals surface area contributed by atoms with Gasteiger partial charge < -0.3 is 15.0 Å². The summed E-state index contributed by atoms with van der Waals surface area (Å²) in [6.45, 7) is 5.25. The number of aromatic carboxylic acids is 1. The molecule has 3 atom stereocenters. The van der Waals surface area contributed by atoms with Crippen LogP contribution in [0.1, 0.15) is 54.7 Å². The highest BCUT2D eigenvalue weighted by molar-refractivity contribution is 5.98. The average molecular weight is 409 g/mol. The van der Waals surface area contributed by atoms with Crippen molar-refractivity contribution in [2.45, 2.75) is 52.2 Å². The van der Waals surface area contributed by atoms with Crippen molar-refractivity contribution in [3.63, 3.8) is 0 Å². The van der Waals surface area contributed by atoms with Crippen LogP contribution in [0.15, 0.2) is 48.5 Å². The van der Waals surface area contributed by atoms with E-state index in [4.69, 9.17) is 0 Å². The van der Waals surface area contributed by atoms with Crippen molar-refractivity contribution in [3.05, 3.63) is 71.2 Å². The molecule has 1 aliphatic carbocycles. The number of para-hydroxylation sites is 1. The molecule has 1 saturated carbocycles. The number of halogens is 1. The van der Waals surface area contributed by atoms with E-state index >= 15 is 0 Å². The van der Waals surface area contributed by atoms with Crippen molar-refractivity contribution < 1.29 is 14.3 Å². The van der Waals surface area contributed by atoms with Crippen LogP contribution < -0.4 is 5.32 Å². The minimum Gasteiger partial charge on any atom is -0.477 e. The first-order valence-electron chi connectivity index (χ1n) is 10.8. The Labute approximate surface area is 176 Å². The fraction of sp³-hybridized carbons (Fsp3) is 0.400. The highest BCUT2D eigenvalue weighted by Gasteiger charge is 2.28. The summed E-state index contributed by atoms with van der Waals surface area (Å²) in [5.41, 5.74) is 2.32. The van der Waals surface area contributed by atoms with Crippen molar-refractivity contribution in [2.24, 2.45) is 11.8 Å². The van der Waals surface area contributed by atoms with E-state index in [1.807, 2.05) is 24.3 Å². The monoisotopic (exact) mass is 408 g/mol. The van der Waals surface area contributed by atoms with Crippen molar-refractivity contribution >= 4 is 16.9 Å². The lowest BCUT2D eigenvalue weighted by Crippen LogP contribution is -2.40. The molecule has 2 aromatic carbocycles. The molecule has 5 heteroatoms. The fourth-order valence-electron chi connectivity index (χ4n) is 4.86. The quantitative estimate of drug-likeness (QED) is 0.571. The SMILES string of the molecule is C[C@H]1[C@H](C)CCC[C@@H]1NCc1c(C(=O)O)n(Cc2ccccc2F)c2ccccc12. The van der Waals surface area contributed by atoms with Gasteiger partial charge in [-0.2, -0.15) is 0 Å². The molecule has 4 rings (SSSR count). The molecule has 2 N–H and O–H groups in total. The molecule has 0 unspecified atom stereocenters. The number of nitrogens with one attached hydrogen (secondary N) is 1. The van der Waals surface area contributed by atoms with E-state index in [1.54, 1.807) is 22.8 Å². The zero-order valence-electron chi connectivity index (χ0n) is 17.6. The summed E-state index contributed by atoms with van der Waals surface area (Å²) in [5, 5.41) is 14.6. The minimum absolute atomic E-state index is 0.186. The van der Waals surface area contributed by atoms with Gasteiger partial charge in [-0.05, 0) is 30.4 Å². The molecule has 1 aromatic heterocycles. The molecule has 1 aliphatic rings. The number of hydrogen-bond acceptors (Lipinski definition) is 2. The Morgan fingerprint density at radius 2 is 1.87 bits per heavy atom. The second kappa shape index (κ2) is 8.60. The predicted octanol–water partition coefficient (Wildman–Crippen LogP) is 5.44. The van der Waals surface area contributed by atoms with Crippen LogP contribution in [0.2, 0.25) is 0 Å². The normalized spacial score (nSPS) is 21.8. The fourth-order valence-corrected chi connectivity index (χ4v) is 4.86. The van der Waals surface area contributed by atoms with Crippen molar-refractivity contribution in [3.8, 4) is 0 Å². The first-order chi connectivity index (χ1) is 14.5. The summed E-state index contributed by atoms with van der Waals surface area (Å²) >= 11 is 0. The third-order valence-corrected chi connectivity index (χ3v) is 6.81. The van der Waals surface area contributed by atoms with Crippen LogP contribution in [0.25, 0.3) is 10.9 Å². The molecule has 0 spiro atoms. The van der Waals surface area contributed by atoms with Gasteiger partial charge in [0, 0.05) is 34.6 Å². The Morgan fingerprint density at radius 1 is 1.13 bits per heavy atom. The third kappa shape index (κ3) is 3.86. The summed E-state index contributed by atoms with van der Waals surface area (Å²) in [4.78, 5) is 12.3. The van der Waals surface area contributed by atoms with Gasteiger partial charge in [0.05, 0.1) is 6.54 Å². The van der Waals surface area contributed by atoms with Crippen LogP contribution >= 0.6 is 0 Å². The lowest BCUT2D eigenvalue weighted by atomic mass is 9.78. The van der Waals surface area contributed by atoms with Crippen LogP contribution in [0.4, 0.5) is 4.39 Å². The molecule has 1 heterocycles. The Kier molecular flexibility index (Phi) is 5.91. The lowest BCUT2D eigenvalue weighted by Gasteiger charge is -2.34. The first kappa shape index (κ1) is 20.6. The van der Waals surface area contributed by atoms with Gasteiger partial charge in [-0.25, -0.2) is 9.18 Å². The lowest BCUT2D eigenvalue weighted by molar-refractivity contribution is 0.0684. The number of carbonyl (C=O) groups is 1. The molecule has 0 aliphatic heterocycles. The predicted molar refractivity (Wildman–Crippen MR) is 117 cm³/mol. The minimum atomic E-state index is -0.982. The number of benzene rings is 2. The maximum atomic E-state index is 14.3. The van der Waals surface area contributed by atoms with Gasteiger partial charge in [0.25, 0.3) is 0 Å². The molecule has 3 aromatic rings. The van der Waals surface area contributed by atoms with E-state index < -0.39 is 5.97 Å². The molecular formula is C25H29FN2O2. The Hall–Kier alpha value is -2.66. The van der Waals surface area contributed by atoms with Gasteiger partial charge in [-0.3, -0.25) is 0 Å². The molecule has 0 radical (unpaired) electrons. The van der Waals surface area contributed by atoms with E-state index in [1.165, 1.54) is 18.9 Å². The smallest absolute Gasteiger partial charge is 0.352 e. The highest BCUT2D eigenvalue weighted by Crippen LogP contribution is 2.32. The molecule has 0 saturated heterocycles. The molecule has 30 heavy (non-hydrogen) atoms. The second-order valence-electron chi connectivity index (χ2n) is 8.58. The van der Waals surface area contributed by atoms with E-state index in [0.717, 1.165) is 22.9 Å². The average Bonchev–Trinajstić information content (AvgIpc) is 3.04. The summed E-state index contributed by atoms with van der Waals surface area (Å²) in [7, 11) is 0. The Balaban J connectivity index is 1.73. The Bertz CT molecular complexity index is 1060. The van der Waals surface area contributed by atoms with Crippen molar-refractivity contribution in [2.75, 3.05) is 0 Å². The van der Waals surface area contributed by atoms with Gasteiger partial charge in [-0.1, -0.05) is 63.1 Å². The van der Waals surface area contributed by atoms with Crippen LogP contribution in [0, 0.1) is 17.7 Å². The first-order valence-corrected chi connectivity index (χ1v) is 10.8. The van der Waals surface area contributed by atoms with E-state index in [2.05, 4.69) is 19.2 Å². The van der Waals surface area contributed by atoms with Crippen LogP contribution in [0.5, 0.6) is 0 Å². The summed E-state index contributed by atoms with van der Waals surface area (Å²) in [6, 6.07) is 14.6. The maximum Gasteiger partial charge on any atom is 0.352 e. The number of carboxylic acids is 1.